The van der Waals surface area contributed by atoms with Gasteiger partial charge in [0, 0.05) is 42.7 Å². The molecule has 6 nitrogen and oxygen atoms in total. The Balaban J connectivity index is 1.30. The van der Waals surface area contributed by atoms with Gasteiger partial charge in [0.25, 0.3) is 11.8 Å². The molecule has 0 radical (unpaired) electrons. The number of pyridine rings is 1. The highest BCUT2D eigenvalue weighted by molar-refractivity contribution is 6.30. The van der Waals surface area contributed by atoms with Gasteiger partial charge in [0.05, 0.1) is 11.1 Å². The third-order valence-corrected chi connectivity index (χ3v) is 8.89. The average Bonchev–Trinajstić information content (AvgIpc) is 3.42. The van der Waals surface area contributed by atoms with Crippen LogP contribution in [0.1, 0.15) is 39.1 Å². The molecule has 50 heavy (non-hydrogen) atoms. The van der Waals surface area contributed by atoms with Gasteiger partial charge in [0.1, 0.15) is 0 Å². The van der Waals surface area contributed by atoms with E-state index in [1.807, 2.05) is 109 Å². The Morgan fingerprint density at radius 3 is 1.42 bits per heavy atom. The van der Waals surface area contributed by atoms with E-state index in [1.165, 1.54) is 11.0 Å². The number of unbranched alkanes of at least 4 members (excludes halogenated alkanes) is 1. The van der Waals surface area contributed by atoms with Crippen molar-refractivity contribution in [2.45, 2.75) is 12.8 Å². The monoisotopic (exact) mass is 653 g/mol. The molecule has 6 heteroatoms. The van der Waals surface area contributed by atoms with Crippen LogP contribution in [0.4, 0.5) is 0 Å². The lowest BCUT2D eigenvalue weighted by atomic mass is 9.78. The highest BCUT2D eigenvalue weighted by Gasteiger charge is 2.42. The standard InChI is InChI=1S/C44H35N3O3/c48-36(26-25-31-16-15-27-45-30-31)46-28-13-14-29-47-43(49)41-39(34-21-9-3-10-22-34)37(32-17-5-1-6-18-32)38(33-19-7-2-8-20-33)40(42(41)44(47)50)35-23-11-4-12-24-35/h1-12,15-27,30H,13-14,28-29H2,(H,46,48)/b26-25-. The van der Waals surface area contributed by atoms with E-state index in [1.54, 1.807) is 18.5 Å². The fourth-order valence-corrected chi connectivity index (χ4v) is 6.63. The van der Waals surface area contributed by atoms with Gasteiger partial charge in [-0.25, -0.2) is 0 Å². The van der Waals surface area contributed by atoms with Crippen molar-refractivity contribution in [1.29, 1.82) is 0 Å². The van der Waals surface area contributed by atoms with Crippen LogP contribution in [-0.4, -0.2) is 40.7 Å². The number of aromatic nitrogens is 1. The molecule has 0 bridgehead atoms. The van der Waals surface area contributed by atoms with Crippen LogP contribution in [0, 0.1) is 0 Å². The van der Waals surface area contributed by atoms with Crippen LogP contribution >= 0.6 is 0 Å². The summed E-state index contributed by atoms with van der Waals surface area (Å²) in [5, 5.41) is 2.90. The molecular weight excluding hydrogens is 619 g/mol. The van der Waals surface area contributed by atoms with Crippen molar-refractivity contribution >= 4 is 23.8 Å². The van der Waals surface area contributed by atoms with E-state index in [9.17, 15) is 14.4 Å². The van der Waals surface area contributed by atoms with Crippen molar-refractivity contribution in [3.8, 4) is 44.5 Å². The minimum Gasteiger partial charge on any atom is -0.353 e. The first-order chi connectivity index (χ1) is 24.6. The van der Waals surface area contributed by atoms with Crippen molar-refractivity contribution in [2.24, 2.45) is 0 Å². The minimum absolute atomic E-state index is 0.212. The largest absolute Gasteiger partial charge is 0.353 e. The maximum Gasteiger partial charge on any atom is 0.262 e. The fourth-order valence-electron chi connectivity index (χ4n) is 6.63. The Labute approximate surface area is 291 Å². The minimum atomic E-state index is -0.304. The van der Waals surface area contributed by atoms with E-state index in [2.05, 4.69) is 34.6 Å². The topological polar surface area (TPSA) is 79.4 Å². The summed E-state index contributed by atoms with van der Waals surface area (Å²) in [5.74, 6) is -0.820. The fraction of sp³-hybridized carbons (Fsp3) is 0.0909. The highest BCUT2D eigenvalue weighted by atomic mass is 16.2. The van der Waals surface area contributed by atoms with E-state index in [0.29, 0.717) is 30.5 Å². The molecule has 0 fully saturated rings. The molecule has 0 saturated heterocycles. The van der Waals surface area contributed by atoms with E-state index in [0.717, 1.165) is 50.1 Å². The Kier molecular flexibility index (Phi) is 9.51. The summed E-state index contributed by atoms with van der Waals surface area (Å²) >= 11 is 0. The van der Waals surface area contributed by atoms with Crippen molar-refractivity contribution in [3.63, 3.8) is 0 Å². The number of carbonyl (C=O) groups excluding carboxylic acids is 3. The molecule has 1 aliphatic rings. The van der Waals surface area contributed by atoms with E-state index >= 15 is 0 Å². The van der Waals surface area contributed by atoms with Crippen molar-refractivity contribution in [2.75, 3.05) is 13.1 Å². The second-order valence-corrected chi connectivity index (χ2v) is 12.1. The number of hydrogen-bond acceptors (Lipinski definition) is 4. The molecule has 6 aromatic rings. The molecule has 0 aliphatic carbocycles. The highest BCUT2D eigenvalue weighted by Crippen LogP contribution is 2.51. The molecular formula is C44H35N3O3. The molecule has 1 aromatic heterocycles. The number of nitrogens with one attached hydrogen (secondary N) is 1. The summed E-state index contributed by atoms with van der Waals surface area (Å²) in [6, 6.07) is 43.7. The molecule has 1 N–H and O–H groups in total. The molecule has 0 unspecified atom stereocenters. The summed E-state index contributed by atoms with van der Waals surface area (Å²) in [7, 11) is 0. The number of rotatable bonds is 11. The van der Waals surface area contributed by atoms with Gasteiger partial charge in [0.2, 0.25) is 5.91 Å². The van der Waals surface area contributed by atoms with Crippen LogP contribution in [0.3, 0.4) is 0 Å². The third kappa shape index (κ3) is 6.51. The molecule has 2 heterocycles. The lowest BCUT2D eigenvalue weighted by molar-refractivity contribution is -0.116. The van der Waals surface area contributed by atoms with Crippen molar-refractivity contribution < 1.29 is 14.4 Å². The molecule has 0 spiro atoms. The first-order valence-electron chi connectivity index (χ1n) is 16.8. The molecule has 244 valence electrons. The number of imide groups is 1. The van der Waals surface area contributed by atoms with Crippen LogP contribution in [-0.2, 0) is 4.79 Å². The number of nitrogens with zero attached hydrogens (tertiary/aromatic N) is 2. The van der Waals surface area contributed by atoms with Crippen molar-refractivity contribution in [3.05, 3.63) is 169 Å². The van der Waals surface area contributed by atoms with Crippen LogP contribution in [0.25, 0.3) is 50.6 Å². The number of hydrogen-bond donors (Lipinski definition) is 1. The van der Waals surface area contributed by atoms with E-state index in [4.69, 9.17) is 0 Å². The number of fused-ring (bicyclic) bond motifs is 1. The van der Waals surface area contributed by atoms with Gasteiger partial charge in [-0.15, -0.1) is 0 Å². The molecule has 0 atom stereocenters. The second kappa shape index (κ2) is 14.8. The lowest BCUT2D eigenvalue weighted by Crippen LogP contribution is -2.31. The second-order valence-electron chi connectivity index (χ2n) is 12.1. The van der Waals surface area contributed by atoms with Crippen LogP contribution in [0.15, 0.2) is 152 Å². The molecule has 3 amide bonds. The zero-order valence-corrected chi connectivity index (χ0v) is 27.5. The van der Waals surface area contributed by atoms with Gasteiger partial charge in [-0.3, -0.25) is 24.3 Å². The maximum atomic E-state index is 14.6. The third-order valence-electron chi connectivity index (χ3n) is 8.89. The number of carbonyl (C=O) groups is 3. The quantitative estimate of drug-likeness (QED) is 0.0860. The van der Waals surface area contributed by atoms with Crippen LogP contribution in [0.5, 0.6) is 0 Å². The lowest BCUT2D eigenvalue weighted by Gasteiger charge is -2.23. The molecule has 0 saturated carbocycles. The predicted octanol–water partition coefficient (Wildman–Crippen LogP) is 8.96. The van der Waals surface area contributed by atoms with Gasteiger partial charge in [-0.05, 0) is 63.9 Å². The van der Waals surface area contributed by atoms with Gasteiger partial charge in [-0.2, -0.15) is 0 Å². The van der Waals surface area contributed by atoms with Gasteiger partial charge < -0.3 is 5.32 Å². The van der Waals surface area contributed by atoms with Crippen LogP contribution < -0.4 is 5.32 Å². The van der Waals surface area contributed by atoms with E-state index < -0.39 is 0 Å². The van der Waals surface area contributed by atoms with Crippen molar-refractivity contribution in [1.82, 2.24) is 15.2 Å². The molecule has 7 rings (SSSR count). The molecule has 1 aliphatic heterocycles. The number of amides is 3. The van der Waals surface area contributed by atoms with Gasteiger partial charge >= 0.3 is 0 Å². The van der Waals surface area contributed by atoms with Gasteiger partial charge in [0.15, 0.2) is 0 Å². The summed E-state index contributed by atoms with van der Waals surface area (Å²) in [5.41, 5.74) is 8.64. The predicted molar refractivity (Wildman–Crippen MR) is 199 cm³/mol. The van der Waals surface area contributed by atoms with E-state index in [-0.39, 0.29) is 24.3 Å². The maximum absolute atomic E-state index is 14.6. The zero-order chi connectivity index (χ0) is 34.3. The summed E-state index contributed by atoms with van der Waals surface area (Å²) in [4.78, 5) is 47.1. The summed E-state index contributed by atoms with van der Waals surface area (Å²) < 4.78 is 0. The zero-order valence-electron chi connectivity index (χ0n) is 27.5. The Morgan fingerprint density at radius 1 is 0.560 bits per heavy atom. The number of benzene rings is 5. The average molecular weight is 654 g/mol. The molecule has 5 aromatic carbocycles. The normalized spacial score (nSPS) is 12.4. The Morgan fingerprint density at radius 2 is 1.00 bits per heavy atom. The Hall–Kier alpha value is -6.40. The first-order valence-corrected chi connectivity index (χ1v) is 16.8. The van der Waals surface area contributed by atoms with Gasteiger partial charge in [-0.1, -0.05) is 127 Å². The van der Waals surface area contributed by atoms with Crippen LogP contribution in [0.2, 0.25) is 0 Å². The smallest absolute Gasteiger partial charge is 0.262 e. The SMILES string of the molecule is O=C(/C=C\c1cccnc1)NCCCCN1C(=O)c2c(c(-c3ccccc3)c(-c3ccccc3)c(-c3ccccc3)c2-c2ccccc2)C1=O. The first kappa shape index (κ1) is 32.2. The Bertz CT molecular complexity index is 2040. The summed E-state index contributed by atoms with van der Waals surface area (Å²) in [6.07, 6.45) is 7.69. The summed E-state index contributed by atoms with van der Waals surface area (Å²) in [6.45, 7) is 0.651.